The lowest BCUT2D eigenvalue weighted by molar-refractivity contribution is -0.839. The first kappa shape index (κ1) is 26.5. The molecule has 0 bridgehead atoms. The molecule has 1 heterocycles. The molecular formula is C19H28F4N3O3+. The van der Waals surface area contributed by atoms with E-state index < -0.39 is 35.1 Å². The van der Waals surface area contributed by atoms with E-state index in [0.29, 0.717) is 10.4 Å². The fourth-order valence-electron chi connectivity index (χ4n) is 1.98. The van der Waals surface area contributed by atoms with Gasteiger partial charge in [-0.1, -0.05) is 13.8 Å². The van der Waals surface area contributed by atoms with Crippen LogP contribution in [0.15, 0.2) is 30.2 Å². The Morgan fingerprint density at radius 2 is 1.79 bits per heavy atom. The highest BCUT2D eigenvalue weighted by molar-refractivity contribution is 5.88. The van der Waals surface area contributed by atoms with Crippen LogP contribution in [0, 0.1) is 0 Å². The first-order valence-corrected chi connectivity index (χ1v) is 8.83. The van der Waals surface area contributed by atoms with E-state index in [9.17, 15) is 22.4 Å². The predicted molar refractivity (Wildman–Crippen MR) is 102 cm³/mol. The summed E-state index contributed by atoms with van der Waals surface area (Å²) in [5.74, 6) is -0.861. The first-order valence-electron chi connectivity index (χ1n) is 8.83. The van der Waals surface area contributed by atoms with Gasteiger partial charge >= 0.3 is 12.3 Å². The fraction of sp³-hybridized carbons (Fsp3) is 0.474. The van der Waals surface area contributed by atoms with Gasteiger partial charge < -0.3 is 4.74 Å². The van der Waals surface area contributed by atoms with E-state index in [1.807, 2.05) is 13.8 Å². The summed E-state index contributed by atoms with van der Waals surface area (Å²) in [5, 5.41) is 8.52. The summed E-state index contributed by atoms with van der Waals surface area (Å²) in [6.07, 6.45) is -4.16. The van der Waals surface area contributed by atoms with Gasteiger partial charge in [0.2, 0.25) is 0 Å². The summed E-state index contributed by atoms with van der Waals surface area (Å²) in [6.45, 7) is 10.1. The smallest absolute Gasteiger partial charge is 0.435 e. The van der Waals surface area contributed by atoms with Crippen LogP contribution in [0.4, 0.5) is 28.0 Å². The van der Waals surface area contributed by atoms with Crippen molar-refractivity contribution in [2.45, 2.75) is 53.3 Å². The second kappa shape index (κ2) is 10.9. The zero-order chi connectivity index (χ0) is 23.0. The molecule has 10 heteroatoms. The molecule has 0 radical (unpaired) electrons. The van der Waals surface area contributed by atoms with E-state index in [4.69, 9.17) is 9.94 Å². The maximum atomic E-state index is 13.5. The Morgan fingerprint density at radius 1 is 1.24 bits per heavy atom. The van der Waals surface area contributed by atoms with Crippen LogP contribution < -0.4 is 10.4 Å². The van der Waals surface area contributed by atoms with Gasteiger partial charge in [-0.15, -0.1) is 0 Å². The van der Waals surface area contributed by atoms with Crippen LogP contribution in [0.2, 0.25) is 0 Å². The number of nitrogens with two attached hydrogens (primary N) is 1. The van der Waals surface area contributed by atoms with Gasteiger partial charge in [-0.05, 0) is 51.5 Å². The molecule has 0 spiro atoms. The van der Waals surface area contributed by atoms with Crippen LogP contribution >= 0.6 is 0 Å². The van der Waals surface area contributed by atoms with Gasteiger partial charge in [0.05, 0.1) is 11.4 Å². The van der Waals surface area contributed by atoms with Crippen molar-refractivity contribution in [2.75, 3.05) is 11.9 Å². The lowest BCUT2D eigenvalue weighted by Gasteiger charge is -2.26. The predicted octanol–water partition coefficient (Wildman–Crippen LogP) is 4.66. The fourth-order valence-corrected chi connectivity index (χ4v) is 1.98. The summed E-state index contributed by atoms with van der Waals surface area (Å²) in [7, 11) is 1.14. The van der Waals surface area contributed by atoms with Crippen molar-refractivity contribution in [1.29, 1.82) is 0 Å². The third-order valence-corrected chi connectivity index (χ3v) is 3.16. The maximum absolute atomic E-state index is 13.5. The molecule has 3 N–H and O–H groups in total. The molecule has 164 valence electrons. The molecule has 1 amide bonds. The van der Waals surface area contributed by atoms with Gasteiger partial charge in [0, 0.05) is 7.05 Å². The number of halogens is 4. The molecule has 0 aliphatic carbocycles. The molecule has 0 saturated heterocycles. The van der Waals surface area contributed by atoms with Gasteiger partial charge in [-0.25, -0.2) is 19.4 Å². The van der Waals surface area contributed by atoms with Crippen molar-refractivity contribution in [2.24, 2.45) is 0 Å². The second-order valence-electron chi connectivity index (χ2n) is 6.63. The highest BCUT2D eigenvalue weighted by Gasteiger charge is 2.38. The molecule has 0 aliphatic rings. The van der Waals surface area contributed by atoms with Crippen LogP contribution in [0.25, 0.3) is 5.57 Å². The molecule has 1 aromatic rings. The number of ether oxygens (including phenoxy) is 1. The summed E-state index contributed by atoms with van der Waals surface area (Å²) < 4.78 is 58.9. The summed E-state index contributed by atoms with van der Waals surface area (Å²) in [5.41, 5.74) is -2.25. The van der Waals surface area contributed by atoms with E-state index in [1.165, 1.54) is 13.0 Å². The molecule has 1 rings (SSSR count). The Balaban J connectivity index is 0.00000379. The molecule has 0 saturated carbocycles. The zero-order valence-electron chi connectivity index (χ0n) is 17.6. The summed E-state index contributed by atoms with van der Waals surface area (Å²) >= 11 is 0. The highest BCUT2D eigenvalue weighted by atomic mass is 19.4. The average Bonchev–Trinajstić information content (AvgIpc) is 2.60. The minimum Gasteiger partial charge on any atom is -0.443 e. The molecule has 6 nitrogen and oxygen atoms in total. The average molecular weight is 422 g/mol. The third-order valence-electron chi connectivity index (χ3n) is 3.16. The molecule has 0 fully saturated rings. The minimum atomic E-state index is -4.85. The second-order valence-corrected chi connectivity index (χ2v) is 6.63. The monoisotopic (exact) mass is 422 g/mol. The minimum absolute atomic E-state index is 0.0996. The number of carbonyl (C=O) groups is 1. The number of aromatic nitrogens is 1. The summed E-state index contributed by atoms with van der Waals surface area (Å²) in [4.78, 5) is 16.3. The van der Waals surface area contributed by atoms with Crippen LogP contribution in [0.5, 0.6) is 0 Å². The van der Waals surface area contributed by atoms with E-state index in [0.717, 1.165) is 25.4 Å². The highest BCUT2D eigenvalue weighted by Crippen LogP contribution is 2.36. The van der Waals surface area contributed by atoms with Crippen LogP contribution in [0.1, 0.15) is 52.9 Å². The van der Waals surface area contributed by atoms with Gasteiger partial charge in [0.15, 0.2) is 17.7 Å². The number of anilines is 1. The molecule has 0 unspecified atom stereocenters. The van der Waals surface area contributed by atoms with Crippen molar-refractivity contribution >= 4 is 17.4 Å². The number of nitrogens with zero attached hydrogens (tertiary/aromatic N) is 2. The van der Waals surface area contributed by atoms with Crippen LogP contribution in [0.3, 0.4) is 0 Å². The molecule has 0 aromatic carbocycles. The van der Waals surface area contributed by atoms with Gasteiger partial charge in [0.1, 0.15) is 5.60 Å². The Hall–Kier alpha value is -2.46. The molecule has 1 aromatic heterocycles. The van der Waals surface area contributed by atoms with Gasteiger partial charge in [0.25, 0.3) is 0 Å². The first-order chi connectivity index (χ1) is 13.3. The zero-order valence-corrected chi connectivity index (χ0v) is 17.6. The van der Waals surface area contributed by atoms with E-state index in [-0.39, 0.29) is 11.3 Å². The van der Waals surface area contributed by atoms with E-state index in [1.54, 1.807) is 20.8 Å². The Labute approximate surface area is 167 Å². The van der Waals surface area contributed by atoms with Crippen molar-refractivity contribution in [1.82, 2.24) is 4.98 Å². The summed E-state index contributed by atoms with van der Waals surface area (Å²) in [6, 6.07) is 2.29. The maximum Gasteiger partial charge on any atom is 0.435 e. The van der Waals surface area contributed by atoms with Crippen molar-refractivity contribution < 1.29 is 37.8 Å². The number of alkyl halides is 3. The number of allylic oxidation sites excluding steroid dienone is 3. The lowest BCUT2D eigenvalue weighted by Crippen LogP contribution is -2.73. The number of hydrogen-bond acceptors (Lipinski definition) is 4. The van der Waals surface area contributed by atoms with Crippen molar-refractivity contribution in [3.05, 3.63) is 41.6 Å². The quantitative estimate of drug-likeness (QED) is 0.420. The number of pyridine rings is 1. The topological polar surface area (TPSA) is 79.3 Å². The Morgan fingerprint density at radius 3 is 2.24 bits per heavy atom. The SMILES string of the molecule is C/C(=C\C(F)=C/[NH2+]O)c1ccc(N(C)C(=O)OC(C)(C)C)c(C(F)(F)F)n1.CC. The molecule has 29 heavy (non-hydrogen) atoms. The number of amides is 1. The lowest BCUT2D eigenvalue weighted by atomic mass is 10.1. The number of quaternary nitrogens is 1. The number of hydroxylamine groups is 1. The van der Waals surface area contributed by atoms with Crippen molar-refractivity contribution in [3.63, 3.8) is 0 Å². The number of rotatable bonds is 4. The Bertz CT molecular complexity index is 754. The van der Waals surface area contributed by atoms with E-state index in [2.05, 4.69) is 4.98 Å². The largest absolute Gasteiger partial charge is 0.443 e. The van der Waals surface area contributed by atoms with Crippen molar-refractivity contribution in [3.8, 4) is 0 Å². The van der Waals surface area contributed by atoms with Crippen LogP contribution in [-0.4, -0.2) is 28.9 Å². The van der Waals surface area contributed by atoms with Gasteiger partial charge in [-0.3, -0.25) is 4.90 Å². The number of carbonyl (C=O) groups excluding carboxylic acids is 1. The normalized spacial score (nSPS) is 12.8. The van der Waals surface area contributed by atoms with Crippen LogP contribution in [-0.2, 0) is 10.9 Å². The number of hydrogen-bond donors (Lipinski definition) is 2. The molecule has 0 aliphatic heterocycles. The standard InChI is InChI=1S/C17H21F4N3O3.C2H6/c1-10(8-11(18)9-22-26)12-6-7-13(14(23-12)17(19,20)21)24(5)15(25)27-16(2,3)4;1-2/h6-9,22,26H,1-5H3;1-2H3/p+1/b10-8+,11-9+;. The van der Waals surface area contributed by atoms with Gasteiger partial charge in [-0.2, -0.15) is 18.7 Å². The molecular weight excluding hydrogens is 394 g/mol. The third kappa shape index (κ3) is 8.61. The van der Waals surface area contributed by atoms with E-state index >= 15 is 0 Å². The molecule has 0 atom stereocenters. The Kier molecular flexibility index (Phi) is 9.99.